The van der Waals surface area contributed by atoms with E-state index < -0.39 is 0 Å². The minimum Gasteiger partial charge on any atom is -0.0616 e. The predicted octanol–water partition coefficient (Wildman–Crippen LogP) is 11.4. The third kappa shape index (κ3) is 3.00. The van der Waals surface area contributed by atoms with Gasteiger partial charge in [0.15, 0.2) is 0 Å². The van der Waals surface area contributed by atoms with Gasteiger partial charge in [-0.3, -0.25) is 0 Å². The lowest BCUT2D eigenvalue weighted by molar-refractivity contribution is 0.672. The Bertz CT molecular complexity index is 2390. The molecule has 0 saturated carbocycles. The smallest absolute Gasteiger partial charge is 0.0171 e. The van der Waals surface area contributed by atoms with Crippen molar-refractivity contribution >= 4 is 53.9 Å². The van der Waals surface area contributed by atoms with Crippen molar-refractivity contribution in [3.63, 3.8) is 0 Å². The lowest BCUT2D eigenvalue weighted by Crippen LogP contribution is -2.16. The molecule has 8 aromatic carbocycles. The Morgan fingerprint density at radius 1 is 0.366 bits per heavy atom. The van der Waals surface area contributed by atoms with E-state index in [-0.39, 0.29) is 5.41 Å². The normalized spacial score (nSPS) is 13.8. The van der Waals surface area contributed by atoms with Gasteiger partial charge in [0.25, 0.3) is 0 Å². The SMILES string of the molecule is CC1(C)c2c(ccc3cc(-c4cc5ccccc5c5ccccc45)ccc23)-c2c1c1ccccc1c1ccccc21. The minimum absolute atomic E-state index is 0.120. The fourth-order valence-corrected chi connectivity index (χ4v) is 7.87. The lowest BCUT2D eigenvalue weighted by Gasteiger charge is -2.25. The predicted molar refractivity (Wildman–Crippen MR) is 177 cm³/mol. The van der Waals surface area contributed by atoms with E-state index in [0.29, 0.717) is 0 Å². The van der Waals surface area contributed by atoms with Crippen molar-refractivity contribution in [2.45, 2.75) is 19.3 Å². The van der Waals surface area contributed by atoms with Crippen LogP contribution in [0.1, 0.15) is 25.0 Å². The average Bonchev–Trinajstić information content (AvgIpc) is 3.28. The zero-order valence-electron chi connectivity index (χ0n) is 23.2. The monoisotopic (exact) mass is 520 g/mol. The Balaban J connectivity index is 1.33. The van der Waals surface area contributed by atoms with Crippen LogP contribution < -0.4 is 0 Å². The number of hydrogen-bond donors (Lipinski definition) is 0. The van der Waals surface area contributed by atoms with E-state index >= 15 is 0 Å². The summed E-state index contributed by atoms with van der Waals surface area (Å²) in [6, 6.07) is 49.7. The highest BCUT2D eigenvalue weighted by molar-refractivity contribution is 6.20. The van der Waals surface area contributed by atoms with Crippen LogP contribution in [0.25, 0.3) is 76.1 Å². The molecule has 0 aromatic heterocycles. The second kappa shape index (κ2) is 8.05. The van der Waals surface area contributed by atoms with Crippen molar-refractivity contribution in [2.75, 3.05) is 0 Å². The summed E-state index contributed by atoms with van der Waals surface area (Å²) in [6.07, 6.45) is 0. The first-order valence-electron chi connectivity index (χ1n) is 14.5. The van der Waals surface area contributed by atoms with Crippen molar-refractivity contribution in [3.8, 4) is 22.3 Å². The maximum absolute atomic E-state index is 2.42. The topological polar surface area (TPSA) is 0 Å². The van der Waals surface area contributed by atoms with Gasteiger partial charge >= 0.3 is 0 Å². The fourth-order valence-electron chi connectivity index (χ4n) is 7.87. The molecule has 8 aromatic rings. The molecule has 0 fully saturated rings. The molecule has 0 heteroatoms. The third-order valence-electron chi connectivity index (χ3n) is 9.55. The molecule has 0 amide bonds. The summed E-state index contributed by atoms with van der Waals surface area (Å²) < 4.78 is 0. The molecule has 0 spiro atoms. The van der Waals surface area contributed by atoms with E-state index in [0.717, 1.165) is 0 Å². The maximum atomic E-state index is 2.42. The molecule has 0 bridgehead atoms. The zero-order valence-corrected chi connectivity index (χ0v) is 23.2. The van der Waals surface area contributed by atoms with E-state index in [2.05, 4.69) is 147 Å². The molecule has 0 N–H and O–H groups in total. The Morgan fingerprint density at radius 3 is 1.68 bits per heavy atom. The number of hydrogen-bond acceptors (Lipinski definition) is 0. The minimum atomic E-state index is -0.120. The van der Waals surface area contributed by atoms with E-state index in [4.69, 9.17) is 0 Å². The highest BCUT2D eigenvalue weighted by Gasteiger charge is 2.39. The van der Waals surface area contributed by atoms with Gasteiger partial charge in [-0.05, 0) is 99.4 Å². The number of rotatable bonds is 1. The van der Waals surface area contributed by atoms with Gasteiger partial charge < -0.3 is 0 Å². The summed E-state index contributed by atoms with van der Waals surface area (Å²) in [5.74, 6) is 0. The van der Waals surface area contributed by atoms with E-state index in [1.54, 1.807) is 0 Å². The fraction of sp³-hybridized carbons (Fsp3) is 0.0732. The van der Waals surface area contributed by atoms with Crippen LogP contribution in [0.4, 0.5) is 0 Å². The summed E-state index contributed by atoms with van der Waals surface area (Å²) in [7, 11) is 0. The second-order valence-corrected chi connectivity index (χ2v) is 12.1. The van der Waals surface area contributed by atoms with E-state index in [9.17, 15) is 0 Å². The van der Waals surface area contributed by atoms with Crippen LogP contribution in [0, 0.1) is 0 Å². The first kappa shape index (κ1) is 22.8. The Kier molecular flexibility index (Phi) is 4.49. The molecule has 0 unspecified atom stereocenters. The summed E-state index contributed by atoms with van der Waals surface area (Å²) in [4.78, 5) is 0. The molecule has 0 aliphatic heterocycles. The molecule has 41 heavy (non-hydrogen) atoms. The zero-order chi connectivity index (χ0) is 27.3. The van der Waals surface area contributed by atoms with Crippen molar-refractivity contribution in [1.29, 1.82) is 0 Å². The molecule has 0 nitrogen and oxygen atoms in total. The standard InChI is InChI=1S/C41H28/c1-41(2)39-29-21-19-27(37-24-25-11-3-4-12-28(25)30-13-5-6-16-33(30)37)23-26(29)20-22-36(39)38-34-17-9-7-14-31(34)32-15-8-10-18-35(32)40(38)41/h3-24H,1-2H3. The molecule has 1 aliphatic rings. The van der Waals surface area contributed by atoms with Gasteiger partial charge in [0, 0.05) is 5.41 Å². The molecule has 0 saturated heterocycles. The van der Waals surface area contributed by atoms with Crippen molar-refractivity contribution < 1.29 is 0 Å². The van der Waals surface area contributed by atoms with Gasteiger partial charge in [0.1, 0.15) is 0 Å². The van der Waals surface area contributed by atoms with Gasteiger partial charge in [0.05, 0.1) is 0 Å². The van der Waals surface area contributed by atoms with E-state index in [1.165, 1.54) is 87.2 Å². The summed E-state index contributed by atoms with van der Waals surface area (Å²) in [6.45, 7) is 4.84. The quantitative estimate of drug-likeness (QED) is 0.189. The summed E-state index contributed by atoms with van der Waals surface area (Å²) in [5, 5.41) is 13.3. The first-order chi connectivity index (χ1) is 20.1. The summed E-state index contributed by atoms with van der Waals surface area (Å²) in [5.41, 5.74) is 8.13. The Labute approximate surface area is 239 Å². The van der Waals surface area contributed by atoms with Crippen LogP contribution >= 0.6 is 0 Å². The molecule has 0 radical (unpaired) electrons. The van der Waals surface area contributed by atoms with Crippen LogP contribution in [0.15, 0.2) is 133 Å². The first-order valence-corrected chi connectivity index (χ1v) is 14.5. The maximum Gasteiger partial charge on any atom is 0.0171 e. The van der Waals surface area contributed by atoms with Gasteiger partial charge in [0.2, 0.25) is 0 Å². The number of fused-ring (bicyclic) bond motifs is 13. The van der Waals surface area contributed by atoms with Crippen LogP contribution in [0.3, 0.4) is 0 Å². The van der Waals surface area contributed by atoms with E-state index in [1.807, 2.05) is 0 Å². The largest absolute Gasteiger partial charge is 0.0616 e. The van der Waals surface area contributed by atoms with Gasteiger partial charge in [-0.1, -0.05) is 135 Å². The molecule has 0 atom stereocenters. The molecular weight excluding hydrogens is 492 g/mol. The van der Waals surface area contributed by atoms with Crippen molar-refractivity contribution in [1.82, 2.24) is 0 Å². The van der Waals surface area contributed by atoms with Gasteiger partial charge in [-0.25, -0.2) is 0 Å². The molecular formula is C41H28. The van der Waals surface area contributed by atoms with Crippen molar-refractivity contribution in [2.24, 2.45) is 0 Å². The van der Waals surface area contributed by atoms with Crippen LogP contribution in [0.2, 0.25) is 0 Å². The third-order valence-corrected chi connectivity index (χ3v) is 9.55. The highest BCUT2D eigenvalue weighted by atomic mass is 14.4. The van der Waals surface area contributed by atoms with Gasteiger partial charge in [-0.2, -0.15) is 0 Å². The lowest BCUT2D eigenvalue weighted by atomic mass is 9.77. The van der Waals surface area contributed by atoms with Crippen LogP contribution in [-0.2, 0) is 5.41 Å². The molecule has 9 rings (SSSR count). The Hall–Kier alpha value is -4.94. The van der Waals surface area contributed by atoms with Gasteiger partial charge in [-0.15, -0.1) is 0 Å². The highest BCUT2D eigenvalue weighted by Crippen LogP contribution is 2.56. The van der Waals surface area contributed by atoms with Crippen molar-refractivity contribution in [3.05, 3.63) is 145 Å². The second-order valence-electron chi connectivity index (χ2n) is 12.1. The Morgan fingerprint density at radius 2 is 0.927 bits per heavy atom. The average molecular weight is 521 g/mol. The molecule has 192 valence electrons. The molecule has 0 heterocycles. The summed E-state index contributed by atoms with van der Waals surface area (Å²) >= 11 is 0. The number of benzene rings is 8. The molecule has 1 aliphatic carbocycles. The van der Waals surface area contributed by atoms with Crippen LogP contribution in [-0.4, -0.2) is 0 Å². The van der Waals surface area contributed by atoms with Crippen LogP contribution in [0.5, 0.6) is 0 Å².